The number of hydroxylamine groups is 1. The van der Waals surface area contributed by atoms with Gasteiger partial charge in [0.2, 0.25) is 0 Å². The lowest BCUT2D eigenvalue weighted by Gasteiger charge is -2.18. The number of nitrogens with one attached hydrogen (secondary N) is 2. The van der Waals surface area contributed by atoms with Crippen molar-refractivity contribution in [3.8, 4) is 5.75 Å². The van der Waals surface area contributed by atoms with Gasteiger partial charge < -0.3 is 9.64 Å². The maximum absolute atomic E-state index is 12.3. The molecule has 3 N–H and O–H groups in total. The zero-order valence-corrected chi connectivity index (χ0v) is 11.6. The van der Waals surface area contributed by atoms with Gasteiger partial charge in [0.25, 0.3) is 11.8 Å². The summed E-state index contributed by atoms with van der Waals surface area (Å²) in [6.45, 7) is 1.09. The summed E-state index contributed by atoms with van der Waals surface area (Å²) in [5.41, 5.74) is 3.00. The Morgan fingerprint density at radius 1 is 1.36 bits per heavy atom. The molecule has 0 atom stereocenters. The van der Waals surface area contributed by atoms with Gasteiger partial charge >= 0.3 is 0 Å². The number of ether oxygens (including phenoxy) is 1. The molecule has 0 unspecified atom stereocenters. The zero-order chi connectivity index (χ0) is 15.5. The molecule has 0 spiro atoms. The quantitative estimate of drug-likeness (QED) is 0.555. The molecule has 1 aliphatic rings. The molecule has 22 heavy (non-hydrogen) atoms. The largest absolute Gasteiger partial charge is 0.491 e. The molecule has 0 aliphatic carbocycles. The highest BCUT2D eigenvalue weighted by molar-refractivity contribution is 5.94. The molecule has 0 saturated carbocycles. The molecule has 0 fully saturated rings. The molecule has 1 aromatic heterocycles. The van der Waals surface area contributed by atoms with Gasteiger partial charge in [-0.05, 0) is 18.2 Å². The first-order valence-electron chi connectivity index (χ1n) is 6.68. The van der Waals surface area contributed by atoms with Crippen LogP contribution in [0.2, 0.25) is 0 Å². The van der Waals surface area contributed by atoms with Gasteiger partial charge in [0.1, 0.15) is 18.1 Å². The lowest BCUT2D eigenvalue weighted by atomic mass is 10.1. The summed E-state index contributed by atoms with van der Waals surface area (Å²) in [5.74, 6) is -0.270. The van der Waals surface area contributed by atoms with Crippen LogP contribution in [0.4, 0.5) is 0 Å². The van der Waals surface area contributed by atoms with E-state index in [2.05, 4.69) is 10.2 Å². The van der Waals surface area contributed by atoms with Gasteiger partial charge in [0.15, 0.2) is 0 Å². The van der Waals surface area contributed by atoms with E-state index in [0.717, 1.165) is 5.56 Å². The molecule has 0 saturated heterocycles. The molecular formula is C14H14N4O4. The van der Waals surface area contributed by atoms with Crippen LogP contribution in [-0.2, 0) is 6.54 Å². The summed E-state index contributed by atoms with van der Waals surface area (Å²) in [7, 11) is 0. The van der Waals surface area contributed by atoms with Gasteiger partial charge in [0.05, 0.1) is 6.54 Å². The number of benzene rings is 1. The molecule has 2 heterocycles. The fraction of sp³-hybridized carbons (Fsp3) is 0.214. The average Bonchev–Trinajstić information content (AvgIpc) is 2.99. The van der Waals surface area contributed by atoms with E-state index in [1.807, 2.05) is 0 Å². The molecule has 0 bridgehead atoms. The summed E-state index contributed by atoms with van der Waals surface area (Å²) in [6, 6.07) is 6.43. The Balaban J connectivity index is 1.84. The van der Waals surface area contributed by atoms with Gasteiger partial charge in [-0.1, -0.05) is 6.07 Å². The number of aromatic amines is 1. The number of carbonyl (C=O) groups is 2. The molecule has 0 radical (unpaired) electrons. The van der Waals surface area contributed by atoms with E-state index < -0.39 is 5.91 Å². The summed E-state index contributed by atoms with van der Waals surface area (Å²) in [4.78, 5) is 25.4. The number of carbonyl (C=O) groups excluding carboxylic acids is 2. The van der Waals surface area contributed by atoms with Crippen LogP contribution in [0.1, 0.15) is 26.4 Å². The van der Waals surface area contributed by atoms with E-state index in [4.69, 9.17) is 9.94 Å². The van der Waals surface area contributed by atoms with Crippen LogP contribution in [0.5, 0.6) is 5.75 Å². The first-order valence-corrected chi connectivity index (χ1v) is 6.68. The normalized spacial score (nSPS) is 13.8. The maximum Gasteiger partial charge on any atom is 0.274 e. The molecular weight excluding hydrogens is 288 g/mol. The number of fused-ring (bicyclic) bond motifs is 1. The van der Waals surface area contributed by atoms with Crippen LogP contribution < -0.4 is 10.2 Å². The van der Waals surface area contributed by atoms with Gasteiger partial charge in [-0.25, -0.2) is 5.48 Å². The van der Waals surface area contributed by atoms with Crippen LogP contribution in [0.3, 0.4) is 0 Å². The molecule has 8 nitrogen and oxygen atoms in total. The second kappa shape index (κ2) is 5.86. The molecule has 8 heteroatoms. The lowest BCUT2D eigenvalue weighted by molar-refractivity contribution is 0.0705. The third-order valence-electron chi connectivity index (χ3n) is 3.42. The number of nitrogens with zero attached hydrogens (tertiary/aromatic N) is 2. The Hall–Kier alpha value is -2.87. The van der Waals surface area contributed by atoms with Crippen molar-refractivity contribution in [3.63, 3.8) is 0 Å². The third-order valence-corrected chi connectivity index (χ3v) is 3.42. The fourth-order valence-electron chi connectivity index (χ4n) is 2.29. The Bertz CT molecular complexity index is 699. The zero-order valence-electron chi connectivity index (χ0n) is 11.6. The smallest absolute Gasteiger partial charge is 0.274 e. The highest BCUT2D eigenvalue weighted by atomic mass is 16.5. The molecule has 2 amide bonds. The second-order valence-electron chi connectivity index (χ2n) is 4.80. The summed E-state index contributed by atoms with van der Waals surface area (Å²) in [5, 5.41) is 15.2. The van der Waals surface area contributed by atoms with E-state index in [9.17, 15) is 9.59 Å². The monoisotopic (exact) mass is 302 g/mol. The van der Waals surface area contributed by atoms with Crippen LogP contribution in [0.15, 0.2) is 30.5 Å². The van der Waals surface area contributed by atoms with Crippen molar-refractivity contribution in [2.24, 2.45) is 0 Å². The summed E-state index contributed by atoms with van der Waals surface area (Å²) in [6.07, 6.45) is 1.59. The minimum atomic E-state index is -0.611. The first kappa shape index (κ1) is 14.1. The highest BCUT2D eigenvalue weighted by Crippen LogP contribution is 2.25. The van der Waals surface area contributed by atoms with E-state index in [1.165, 1.54) is 0 Å². The average molecular weight is 302 g/mol. The number of H-pyrrole nitrogens is 1. The van der Waals surface area contributed by atoms with E-state index in [0.29, 0.717) is 31.1 Å². The number of amides is 2. The predicted molar refractivity (Wildman–Crippen MR) is 74.5 cm³/mol. The van der Waals surface area contributed by atoms with Gasteiger partial charge in [-0.3, -0.25) is 19.9 Å². The van der Waals surface area contributed by atoms with Gasteiger partial charge in [-0.15, -0.1) is 0 Å². The molecule has 3 rings (SSSR count). The van der Waals surface area contributed by atoms with Crippen LogP contribution in [0.25, 0.3) is 0 Å². The predicted octanol–water partition coefficient (Wildman–Crippen LogP) is 0.563. The SMILES string of the molecule is O=C(NO)c1ccc2c(c1)OCCN(C(=O)c1cc[nH]n1)C2. The fourth-order valence-corrected chi connectivity index (χ4v) is 2.29. The standard InChI is InChI=1S/C14H14N4O4/c19-13(17-21)9-1-2-10-8-18(5-6-22-12(10)7-9)14(20)11-3-4-15-16-11/h1-4,7,21H,5-6,8H2,(H,15,16)(H,17,19). The van der Waals surface area contributed by atoms with Crippen molar-refractivity contribution >= 4 is 11.8 Å². The third kappa shape index (κ3) is 2.63. The Labute approximate surface area is 125 Å². The maximum atomic E-state index is 12.3. The van der Waals surface area contributed by atoms with E-state index in [-0.39, 0.29) is 11.5 Å². The molecule has 1 aromatic carbocycles. The number of aromatic nitrogens is 2. The Kier molecular flexibility index (Phi) is 3.75. The van der Waals surface area contributed by atoms with Crippen molar-refractivity contribution in [2.45, 2.75) is 6.54 Å². The van der Waals surface area contributed by atoms with Crippen LogP contribution >= 0.6 is 0 Å². The second-order valence-corrected chi connectivity index (χ2v) is 4.80. The molecule has 114 valence electrons. The number of hydrogen-bond acceptors (Lipinski definition) is 5. The molecule has 1 aliphatic heterocycles. The van der Waals surface area contributed by atoms with Crippen LogP contribution in [-0.4, -0.2) is 45.3 Å². The lowest BCUT2D eigenvalue weighted by Crippen LogP contribution is -2.32. The summed E-state index contributed by atoms with van der Waals surface area (Å²) >= 11 is 0. The van der Waals surface area contributed by atoms with Crippen molar-refractivity contribution in [3.05, 3.63) is 47.3 Å². The Morgan fingerprint density at radius 2 is 2.23 bits per heavy atom. The van der Waals surface area contributed by atoms with E-state index >= 15 is 0 Å². The van der Waals surface area contributed by atoms with Crippen molar-refractivity contribution in [1.82, 2.24) is 20.6 Å². The topological polar surface area (TPSA) is 108 Å². The summed E-state index contributed by atoms with van der Waals surface area (Å²) < 4.78 is 5.60. The van der Waals surface area contributed by atoms with Crippen molar-refractivity contribution in [2.75, 3.05) is 13.2 Å². The first-order chi connectivity index (χ1) is 10.7. The minimum absolute atomic E-state index is 0.185. The number of hydrogen-bond donors (Lipinski definition) is 3. The van der Waals surface area contributed by atoms with Crippen molar-refractivity contribution < 1.29 is 19.5 Å². The van der Waals surface area contributed by atoms with Crippen LogP contribution in [0, 0.1) is 0 Å². The molecule has 2 aromatic rings. The van der Waals surface area contributed by atoms with Gasteiger partial charge in [-0.2, -0.15) is 5.10 Å². The highest BCUT2D eigenvalue weighted by Gasteiger charge is 2.23. The Morgan fingerprint density at radius 3 is 2.95 bits per heavy atom. The van der Waals surface area contributed by atoms with Crippen molar-refractivity contribution in [1.29, 1.82) is 0 Å². The van der Waals surface area contributed by atoms with Gasteiger partial charge in [0, 0.05) is 23.9 Å². The number of rotatable bonds is 2. The van der Waals surface area contributed by atoms with E-state index in [1.54, 1.807) is 40.8 Å². The minimum Gasteiger partial charge on any atom is -0.491 e.